The maximum absolute atomic E-state index is 12.9. The first kappa shape index (κ1) is 19.3. The standard InChI is InChI=1S/C19H14BrClN2O4/c1-10(24)23-16-8-7-12(20)9-14(16)17(13-5-3-4-6-15(13)21)22-18(19(23)26)27-11(2)25/h3-9,18H,1-2H3/t18-/m0/s1. The highest BCUT2D eigenvalue weighted by molar-refractivity contribution is 9.10. The third-order valence-corrected chi connectivity index (χ3v) is 4.68. The van der Waals surface area contributed by atoms with Crippen molar-refractivity contribution in [3.05, 3.63) is 63.1 Å². The van der Waals surface area contributed by atoms with Gasteiger partial charge in [0.2, 0.25) is 5.91 Å². The second-order valence-electron chi connectivity index (χ2n) is 5.77. The van der Waals surface area contributed by atoms with E-state index in [1.165, 1.54) is 13.8 Å². The highest BCUT2D eigenvalue weighted by atomic mass is 79.9. The second kappa shape index (κ2) is 7.62. The number of aliphatic imine (C=N–C) groups is 1. The van der Waals surface area contributed by atoms with E-state index in [1.54, 1.807) is 42.5 Å². The van der Waals surface area contributed by atoms with Gasteiger partial charge in [0.1, 0.15) is 0 Å². The molecule has 8 heteroatoms. The van der Waals surface area contributed by atoms with Crippen molar-refractivity contribution in [2.24, 2.45) is 4.99 Å². The van der Waals surface area contributed by atoms with Gasteiger partial charge >= 0.3 is 5.97 Å². The van der Waals surface area contributed by atoms with Crippen LogP contribution in [0.4, 0.5) is 5.69 Å². The van der Waals surface area contributed by atoms with Crippen LogP contribution in [0.2, 0.25) is 5.02 Å². The van der Waals surface area contributed by atoms with Gasteiger partial charge in [0.25, 0.3) is 12.1 Å². The molecule has 0 aliphatic carbocycles. The lowest BCUT2D eigenvalue weighted by Gasteiger charge is -2.21. The lowest BCUT2D eigenvalue weighted by molar-refractivity contribution is -0.152. The smallest absolute Gasteiger partial charge is 0.305 e. The number of fused-ring (bicyclic) bond motifs is 1. The van der Waals surface area contributed by atoms with Crippen LogP contribution in [0.3, 0.4) is 0 Å². The van der Waals surface area contributed by atoms with E-state index in [-0.39, 0.29) is 0 Å². The molecule has 0 aromatic heterocycles. The fraction of sp³-hybridized carbons (Fsp3) is 0.158. The molecule has 0 bridgehead atoms. The number of carbonyl (C=O) groups excluding carboxylic acids is 3. The number of imide groups is 1. The SMILES string of the molecule is CC(=O)O[C@@H]1N=C(c2ccccc2Cl)c2cc(Br)ccc2N(C(C)=O)C1=O. The Hall–Kier alpha value is -2.51. The van der Waals surface area contributed by atoms with E-state index in [4.69, 9.17) is 16.3 Å². The number of amides is 2. The molecular formula is C19H14BrClN2O4. The lowest BCUT2D eigenvalue weighted by Crippen LogP contribution is -2.42. The molecule has 1 heterocycles. The molecule has 2 aromatic carbocycles. The Morgan fingerprint density at radius 2 is 1.85 bits per heavy atom. The third-order valence-electron chi connectivity index (χ3n) is 3.85. The first-order valence-corrected chi connectivity index (χ1v) is 9.11. The minimum atomic E-state index is -1.50. The Kier molecular flexibility index (Phi) is 5.43. The van der Waals surface area contributed by atoms with Crippen LogP contribution in [-0.2, 0) is 19.1 Å². The van der Waals surface area contributed by atoms with E-state index in [1.807, 2.05) is 0 Å². The summed E-state index contributed by atoms with van der Waals surface area (Å²) < 4.78 is 5.82. The monoisotopic (exact) mass is 448 g/mol. The van der Waals surface area contributed by atoms with Crippen molar-refractivity contribution in [1.29, 1.82) is 0 Å². The summed E-state index contributed by atoms with van der Waals surface area (Å²) in [7, 11) is 0. The lowest BCUT2D eigenvalue weighted by atomic mass is 10.00. The minimum Gasteiger partial charge on any atom is -0.430 e. The number of hydrogen-bond acceptors (Lipinski definition) is 5. The van der Waals surface area contributed by atoms with Gasteiger partial charge in [-0.3, -0.25) is 14.4 Å². The summed E-state index contributed by atoms with van der Waals surface area (Å²) in [6.07, 6.45) is -1.50. The van der Waals surface area contributed by atoms with E-state index >= 15 is 0 Å². The second-order valence-corrected chi connectivity index (χ2v) is 7.10. The van der Waals surface area contributed by atoms with Crippen molar-refractivity contribution in [3.8, 4) is 0 Å². The summed E-state index contributed by atoms with van der Waals surface area (Å²) >= 11 is 9.74. The molecule has 1 aliphatic rings. The molecule has 2 amide bonds. The predicted octanol–water partition coefficient (Wildman–Crippen LogP) is 3.72. The zero-order valence-corrected chi connectivity index (χ0v) is 16.7. The molecule has 0 unspecified atom stereocenters. The summed E-state index contributed by atoms with van der Waals surface area (Å²) in [6, 6.07) is 12.0. The molecule has 0 saturated heterocycles. The molecular weight excluding hydrogens is 436 g/mol. The number of carbonyl (C=O) groups is 3. The number of nitrogens with zero attached hydrogens (tertiary/aromatic N) is 2. The molecule has 6 nitrogen and oxygen atoms in total. The molecule has 0 fully saturated rings. The summed E-state index contributed by atoms with van der Waals surface area (Å²) in [4.78, 5) is 42.0. The Balaban J connectivity index is 2.33. The summed E-state index contributed by atoms with van der Waals surface area (Å²) in [5, 5.41) is 0.410. The van der Waals surface area contributed by atoms with Gasteiger partial charge < -0.3 is 4.74 Å². The maximum Gasteiger partial charge on any atom is 0.305 e. The van der Waals surface area contributed by atoms with Crippen molar-refractivity contribution in [3.63, 3.8) is 0 Å². The van der Waals surface area contributed by atoms with Crippen molar-refractivity contribution < 1.29 is 19.1 Å². The number of benzene rings is 2. The maximum atomic E-state index is 12.9. The highest BCUT2D eigenvalue weighted by Crippen LogP contribution is 2.33. The summed E-state index contributed by atoms with van der Waals surface area (Å²) in [6.45, 7) is 2.43. The number of esters is 1. The summed E-state index contributed by atoms with van der Waals surface area (Å²) in [5.74, 6) is -1.95. The van der Waals surface area contributed by atoms with Crippen LogP contribution >= 0.6 is 27.5 Å². The Bertz CT molecular complexity index is 989. The molecule has 3 rings (SSSR count). The first-order valence-electron chi connectivity index (χ1n) is 7.94. The number of halogens is 2. The van der Waals surface area contributed by atoms with Crippen LogP contribution in [0.1, 0.15) is 25.0 Å². The van der Waals surface area contributed by atoms with Crippen LogP contribution < -0.4 is 4.90 Å². The molecule has 1 atom stereocenters. The quantitative estimate of drug-likeness (QED) is 0.655. The average Bonchev–Trinajstić information content (AvgIpc) is 2.70. The van der Waals surface area contributed by atoms with Gasteiger partial charge in [-0.05, 0) is 24.3 Å². The van der Waals surface area contributed by atoms with Crippen LogP contribution in [0, 0.1) is 0 Å². The molecule has 27 heavy (non-hydrogen) atoms. The molecule has 138 valence electrons. The van der Waals surface area contributed by atoms with Crippen molar-refractivity contribution >= 4 is 56.7 Å². The van der Waals surface area contributed by atoms with E-state index < -0.39 is 24.0 Å². The largest absolute Gasteiger partial charge is 0.430 e. The van der Waals surface area contributed by atoms with Gasteiger partial charge in [-0.15, -0.1) is 0 Å². The number of anilines is 1. The van der Waals surface area contributed by atoms with Crippen LogP contribution in [0.15, 0.2) is 51.9 Å². The molecule has 0 N–H and O–H groups in total. The van der Waals surface area contributed by atoms with Crippen molar-refractivity contribution in [1.82, 2.24) is 0 Å². The van der Waals surface area contributed by atoms with E-state index in [0.717, 1.165) is 9.37 Å². The number of benzodiazepines with no additional fused rings is 1. The van der Waals surface area contributed by atoms with Crippen LogP contribution in [-0.4, -0.2) is 29.7 Å². The fourth-order valence-corrected chi connectivity index (χ4v) is 3.38. The minimum absolute atomic E-state index is 0.337. The fourth-order valence-electron chi connectivity index (χ4n) is 2.79. The number of rotatable bonds is 2. The topological polar surface area (TPSA) is 76.0 Å². The molecule has 2 aromatic rings. The van der Waals surface area contributed by atoms with Crippen molar-refractivity contribution in [2.75, 3.05) is 4.90 Å². The molecule has 0 radical (unpaired) electrons. The number of ether oxygens (including phenoxy) is 1. The zero-order valence-electron chi connectivity index (χ0n) is 14.4. The highest BCUT2D eigenvalue weighted by Gasteiger charge is 2.36. The van der Waals surface area contributed by atoms with Gasteiger partial charge in [-0.1, -0.05) is 45.7 Å². The summed E-state index contributed by atoms with van der Waals surface area (Å²) in [5.41, 5.74) is 1.74. The Morgan fingerprint density at radius 1 is 1.15 bits per heavy atom. The van der Waals surface area contributed by atoms with Gasteiger partial charge in [-0.2, -0.15) is 0 Å². The molecule has 0 saturated carbocycles. The predicted molar refractivity (Wildman–Crippen MR) is 105 cm³/mol. The van der Waals surface area contributed by atoms with Gasteiger partial charge in [0.05, 0.1) is 11.4 Å². The normalized spacial score (nSPS) is 16.3. The first-order chi connectivity index (χ1) is 12.8. The molecule has 1 aliphatic heterocycles. The van der Waals surface area contributed by atoms with Gasteiger partial charge in [0.15, 0.2) is 0 Å². The van der Waals surface area contributed by atoms with Crippen LogP contribution in [0.5, 0.6) is 0 Å². The zero-order chi connectivity index (χ0) is 19.7. The molecule has 0 spiro atoms. The van der Waals surface area contributed by atoms with E-state index in [9.17, 15) is 14.4 Å². The average molecular weight is 450 g/mol. The Morgan fingerprint density at radius 3 is 2.48 bits per heavy atom. The number of hydrogen-bond donors (Lipinski definition) is 0. The van der Waals surface area contributed by atoms with Crippen molar-refractivity contribution in [2.45, 2.75) is 20.1 Å². The third kappa shape index (κ3) is 3.79. The van der Waals surface area contributed by atoms with Crippen LogP contribution in [0.25, 0.3) is 0 Å². The van der Waals surface area contributed by atoms with Gasteiger partial charge in [-0.25, -0.2) is 9.89 Å². The van der Waals surface area contributed by atoms with E-state index in [2.05, 4.69) is 20.9 Å². The van der Waals surface area contributed by atoms with E-state index in [0.29, 0.717) is 27.5 Å². The Labute approximate surface area is 168 Å². The van der Waals surface area contributed by atoms with Gasteiger partial charge in [0, 0.05) is 34.5 Å².